The molecule has 32 heavy (non-hydrogen) atoms. The van der Waals surface area contributed by atoms with E-state index in [2.05, 4.69) is 29.2 Å². The van der Waals surface area contributed by atoms with E-state index in [0.29, 0.717) is 18.8 Å². The van der Waals surface area contributed by atoms with Crippen LogP contribution in [-0.4, -0.2) is 60.5 Å². The van der Waals surface area contributed by atoms with Gasteiger partial charge in [0.05, 0.1) is 0 Å². The molecule has 2 aromatic rings. The predicted molar refractivity (Wildman–Crippen MR) is 125 cm³/mol. The average Bonchev–Trinajstić information content (AvgIpc) is 2.76. The Kier molecular flexibility index (Phi) is 7.41. The number of anilines is 1. The van der Waals surface area contributed by atoms with Gasteiger partial charge < -0.3 is 24.4 Å². The van der Waals surface area contributed by atoms with Crippen LogP contribution in [0.15, 0.2) is 48.5 Å². The summed E-state index contributed by atoms with van der Waals surface area (Å²) in [6.45, 7) is 8.10. The van der Waals surface area contributed by atoms with E-state index in [1.807, 2.05) is 45.1 Å². The topological polar surface area (TPSA) is 79.3 Å². The van der Waals surface area contributed by atoms with Gasteiger partial charge in [-0.25, -0.2) is 9.59 Å². The number of ether oxygens (including phenoxy) is 2. The second kappa shape index (κ2) is 10.2. The molecule has 1 N–H and O–H groups in total. The zero-order valence-electron chi connectivity index (χ0n) is 18.8. The molecule has 0 atom stereocenters. The first-order valence-corrected chi connectivity index (χ1v) is 10.7. The largest absolute Gasteiger partial charge is 0.482 e. The Morgan fingerprint density at radius 3 is 1.94 bits per heavy atom. The molecule has 0 saturated carbocycles. The highest BCUT2D eigenvalue weighted by Gasteiger charge is 2.25. The monoisotopic (exact) mass is 438 g/mol. The zero-order valence-corrected chi connectivity index (χ0v) is 18.8. The molecule has 0 spiro atoms. The molecular weight excluding hydrogens is 408 g/mol. The number of carboxylic acid groups (broad SMARTS) is 1. The average molecular weight is 439 g/mol. The lowest BCUT2D eigenvalue weighted by Crippen LogP contribution is -2.50. The molecule has 1 amide bonds. The lowest BCUT2D eigenvalue weighted by molar-refractivity contribution is -0.139. The van der Waals surface area contributed by atoms with Crippen LogP contribution >= 0.6 is 0 Å². The molecule has 0 aromatic heterocycles. The highest BCUT2D eigenvalue weighted by atomic mass is 16.6. The molecule has 170 valence electrons. The summed E-state index contributed by atoms with van der Waals surface area (Å²) in [6, 6.07) is 15.6. The number of carboxylic acids is 1. The summed E-state index contributed by atoms with van der Waals surface area (Å²) >= 11 is 0. The molecule has 7 heteroatoms. The Morgan fingerprint density at radius 2 is 1.44 bits per heavy atom. The van der Waals surface area contributed by atoms with Gasteiger partial charge in [0.25, 0.3) is 0 Å². The van der Waals surface area contributed by atoms with Crippen molar-refractivity contribution in [1.82, 2.24) is 4.90 Å². The highest BCUT2D eigenvalue weighted by molar-refractivity contribution is 5.71. The van der Waals surface area contributed by atoms with E-state index in [9.17, 15) is 9.59 Å². The fourth-order valence-corrected chi connectivity index (χ4v) is 3.28. The molecule has 0 aliphatic carbocycles. The first-order chi connectivity index (χ1) is 15.2. The summed E-state index contributed by atoms with van der Waals surface area (Å²) in [5.41, 5.74) is 2.72. The maximum Gasteiger partial charge on any atom is 0.410 e. The molecule has 1 aliphatic rings. The lowest BCUT2D eigenvalue weighted by Gasteiger charge is -2.36. The normalized spacial score (nSPS) is 14.5. The summed E-state index contributed by atoms with van der Waals surface area (Å²) in [5.74, 6) is -0.469. The van der Waals surface area contributed by atoms with Gasteiger partial charge in [-0.1, -0.05) is 36.4 Å². The summed E-state index contributed by atoms with van der Waals surface area (Å²) in [7, 11) is 0. The van der Waals surface area contributed by atoms with Crippen LogP contribution in [-0.2, 0) is 9.53 Å². The summed E-state index contributed by atoms with van der Waals surface area (Å²) in [6.07, 6.45) is 3.77. The van der Waals surface area contributed by atoms with E-state index in [0.717, 1.165) is 29.9 Å². The van der Waals surface area contributed by atoms with E-state index in [1.165, 1.54) is 0 Å². The fourth-order valence-electron chi connectivity index (χ4n) is 3.28. The Labute approximate surface area is 188 Å². The molecule has 0 bridgehead atoms. The molecule has 2 aromatic carbocycles. The van der Waals surface area contributed by atoms with E-state index in [4.69, 9.17) is 14.6 Å². The minimum absolute atomic E-state index is 0.251. The number of aliphatic carboxylic acids is 1. The molecule has 7 nitrogen and oxygen atoms in total. The molecule has 0 unspecified atom stereocenters. The van der Waals surface area contributed by atoms with Gasteiger partial charge >= 0.3 is 12.1 Å². The number of piperazine rings is 1. The molecule has 1 fully saturated rings. The maximum atomic E-state index is 12.2. The maximum absolute atomic E-state index is 12.2. The van der Waals surface area contributed by atoms with Crippen LogP contribution in [0.2, 0.25) is 0 Å². The molecule has 3 rings (SSSR count). The van der Waals surface area contributed by atoms with Crippen LogP contribution in [0, 0.1) is 0 Å². The minimum Gasteiger partial charge on any atom is -0.482 e. The number of benzene rings is 2. The Balaban J connectivity index is 1.51. The van der Waals surface area contributed by atoms with Crippen molar-refractivity contribution < 1.29 is 24.2 Å². The van der Waals surface area contributed by atoms with Crippen molar-refractivity contribution in [1.29, 1.82) is 0 Å². The van der Waals surface area contributed by atoms with Crippen molar-refractivity contribution in [2.75, 3.05) is 37.7 Å². The number of carbonyl (C=O) groups excluding carboxylic acids is 1. The van der Waals surface area contributed by atoms with Crippen molar-refractivity contribution in [3.8, 4) is 5.75 Å². The van der Waals surface area contributed by atoms with Crippen LogP contribution in [0.5, 0.6) is 5.75 Å². The van der Waals surface area contributed by atoms with Gasteiger partial charge in [0.2, 0.25) is 0 Å². The van der Waals surface area contributed by atoms with Crippen LogP contribution in [0.25, 0.3) is 12.2 Å². The summed E-state index contributed by atoms with van der Waals surface area (Å²) in [4.78, 5) is 26.8. The van der Waals surface area contributed by atoms with Crippen molar-refractivity contribution in [3.63, 3.8) is 0 Å². The van der Waals surface area contributed by atoms with Crippen LogP contribution in [0.3, 0.4) is 0 Å². The van der Waals surface area contributed by atoms with Crippen molar-refractivity contribution in [2.45, 2.75) is 26.4 Å². The van der Waals surface area contributed by atoms with Gasteiger partial charge in [0.15, 0.2) is 6.61 Å². The van der Waals surface area contributed by atoms with Crippen LogP contribution in [0.4, 0.5) is 10.5 Å². The van der Waals surface area contributed by atoms with E-state index in [-0.39, 0.29) is 12.7 Å². The molecule has 1 aliphatic heterocycles. The quantitative estimate of drug-likeness (QED) is 0.675. The standard InChI is InChI=1S/C25H30N2O5/c1-25(2,3)32-24(30)27-16-14-26(15-17-27)21-10-6-19(7-11-21)4-5-20-8-12-22(13-9-20)31-18-23(28)29/h4-13H,14-18H2,1-3H3,(H,28,29). The van der Waals surface area contributed by atoms with E-state index < -0.39 is 11.6 Å². The van der Waals surface area contributed by atoms with Crippen molar-refractivity contribution >= 4 is 29.9 Å². The van der Waals surface area contributed by atoms with Crippen LogP contribution < -0.4 is 9.64 Å². The number of hydrogen-bond acceptors (Lipinski definition) is 5. The Morgan fingerprint density at radius 1 is 0.906 bits per heavy atom. The van der Waals surface area contributed by atoms with Gasteiger partial charge in [-0.2, -0.15) is 0 Å². The molecular formula is C25H30N2O5. The Bertz CT molecular complexity index is 938. The number of hydrogen-bond donors (Lipinski definition) is 1. The smallest absolute Gasteiger partial charge is 0.410 e. The number of amides is 1. The highest BCUT2D eigenvalue weighted by Crippen LogP contribution is 2.20. The molecule has 1 heterocycles. The van der Waals surface area contributed by atoms with E-state index >= 15 is 0 Å². The van der Waals surface area contributed by atoms with Crippen LogP contribution in [0.1, 0.15) is 31.9 Å². The Hall–Kier alpha value is -3.48. The van der Waals surface area contributed by atoms with Gasteiger partial charge in [-0.3, -0.25) is 0 Å². The van der Waals surface area contributed by atoms with Gasteiger partial charge in [-0.15, -0.1) is 0 Å². The second-order valence-corrected chi connectivity index (χ2v) is 8.63. The van der Waals surface area contributed by atoms with Gasteiger partial charge in [0.1, 0.15) is 11.4 Å². The minimum atomic E-state index is -0.998. The van der Waals surface area contributed by atoms with Gasteiger partial charge in [0, 0.05) is 31.9 Å². The first kappa shape index (κ1) is 23.2. The second-order valence-electron chi connectivity index (χ2n) is 8.63. The summed E-state index contributed by atoms with van der Waals surface area (Å²) in [5, 5.41) is 8.65. The third kappa shape index (κ3) is 7.04. The fraction of sp³-hybridized carbons (Fsp3) is 0.360. The van der Waals surface area contributed by atoms with Crippen molar-refractivity contribution in [2.24, 2.45) is 0 Å². The third-order valence-electron chi connectivity index (χ3n) is 4.90. The zero-order chi connectivity index (χ0) is 23.1. The van der Waals surface area contributed by atoms with Crippen molar-refractivity contribution in [3.05, 3.63) is 59.7 Å². The summed E-state index contributed by atoms with van der Waals surface area (Å²) < 4.78 is 10.6. The lowest BCUT2D eigenvalue weighted by atomic mass is 10.1. The molecule has 1 saturated heterocycles. The predicted octanol–water partition coefficient (Wildman–Crippen LogP) is 4.38. The first-order valence-electron chi connectivity index (χ1n) is 10.7. The van der Waals surface area contributed by atoms with Gasteiger partial charge in [-0.05, 0) is 56.2 Å². The number of carbonyl (C=O) groups is 2. The number of rotatable bonds is 6. The SMILES string of the molecule is CC(C)(C)OC(=O)N1CCN(c2ccc(C=Cc3ccc(OCC(=O)O)cc3)cc2)CC1. The molecule has 0 radical (unpaired) electrons. The van der Waals surface area contributed by atoms with E-state index in [1.54, 1.807) is 17.0 Å². The third-order valence-corrected chi connectivity index (χ3v) is 4.90. The number of nitrogens with zero attached hydrogens (tertiary/aromatic N) is 2.